The molecule has 16 heavy (non-hydrogen) atoms. The Balaban J connectivity index is 2.00. The van der Waals surface area contributed by atoms with Crippen LogP contribution in [0.2, 0.25) is 0 Å². The summed E-state index contributed by atoms with van der Waals surface area (Å²) in [7, 11) is 0. The summed E-state index contributed by atoms with van der Waals surface area (Å²) in [5.74, 6) is -0.553. The van der Waals surface area contributed by atoms with Gasteiger partial charge in [-0.15, -0.1) is 0 Å². The van der Waals surface area contributed by atoms with E-state index in [1.165, 1.54) is 12.8 Å². The molecule has 1 unspecified atom stereocenters. The summed E-state index contributed by atoms with van der Waals surface area (Å²) in [6.45, 7) is 2.75. The molecule has 2 rings (SSSR count). The van der Waals surface area contributed by atoms with Crippen molar-refractivity contribution in [2.24, 2.45) is 11.8 Å². The summed E-state index contributed by atoms with van der Waals surface area (Å²) in [6.07, 6.45) is 2.48. The molecule has 0 aliphatic heterocycles. The topological polar surface area (TPSA) is 50.9 Å². The van der Waals surface area contributed by atoms with Gasteiger partial charge in [0.05, 0.1) is 0 Å². The molecule has 3 N–H and O–H groups in total. The fourth-order valence-electron chi connectivity index (χ4n) is 1.69. The molecule has 1 aliphatic carbocycles. The fraction of sp³-hybridized carbons (Fsp3) is 0.545. The van der Waals surface area contributed by atoms with E-state index in [0.717, 1.165) is 12.0 Å². The van der Waals surface area contributed by atoms with Crippen molar-refractivity contribution in [3.63, 3.8) is 0 Å². The molecule has 1 atom stereocenters. The zero-order valence-electron chi connectivity index (χ0n) is 9.13. The summed E-state index contributed by atoms with van der Waals surface area (Å²) < 4.78 is 26.1. The van der Waals surface area contributed by atoms with E-state index in [0.29, 0.717) is 12.5 Å². The number of pyridine rings is 1. The lowest BCUT2D eigenvalue weighted by molar-refractivity contribution is 0.530. The Kier molecular flexibility index (Phi) is 2.94. The second-order valence-corrected chi connectivity index (χ2v) is 4.38. The highest BCUT2D eigenvalue weighted by molar-refractivity contribution is 5.44. The van der Waals surface area contributed by atoms with Gasteiger partial charge in [0, 0.05) is 12.6 Å². The Morgan fingerprint density at radius 2 is 2.19 bits per heavy atom. The van der Waals surface area contributed by atoms with Gasteiger partial charge in [0.1, 0.15) is 0 Å². The summed E-state index contributed by atoms with van der Waals surface area (Å²) in [5.41, 5.74) is 5.28. The van der Waals surface area contributed by atoms with Gasteiger partial charge in [-0.3, -0.25) is 0 Å². The molecule has 0 radical (unpaired) electrons. The van der Waals surface area contributed by atoms with Crippen molar-refractivity contribution in [3.8, 4) is 0 Å². The minimum atomic E-state index is -0.821. The molecule has 3 nitrogen and oxygen atoms in total. The molecule has 0 amide bonds. The highest BCUT2D eigenvalue weighted by Crippen LogP contribution is 2.36. The first-order valence-corrected chi connectivity index (χ1v) is 5.43. The third-order valence-electron chi connectivity index (χ3n) is 2.97. The van der Waals surface area contributed by atoms with Crippen LogP contribution in [0.25, 0.3) is 0 Å². The van der Waals surface area contributed by atoms with Crippen molar-refractivity contribution in [1.29, 1.82) is 0 Å². The van der Waals surface area contributed by atoms with E-state index in [1.54, 1.807) is 0 Å². The summed E-state index contributed by atoms with van der Waals surface area (Å²) in [5, 5.41) is 2.87. The molecule has 0 saturated heterocycles. The van der Waals surface area contributed by atoms with Crippen LogP contribution in [0.1, 0.15) is 19.8 Å². The third kappa shape index (κ3) is 2.40. The summed E-state index contributed by atoms with van der Waals surface area (Å²) in [4.78, 5) is 3.64. The number of halogens is 2. The second-order valence-electron chi connectivity index (χ2n) is 4.38. The number of anilines is 2. The van der Waals surface area contributed by atoms with Gasteiger partial charge in [-0.2, -0.15) is 0 Å². The van der Waals surface area contributed by atoms with E-state index in [1.807, 2.05) is 0 Å². The van der Waals surface area contributed by atoms with Crippen LogP contribution in [0.5, 0.6) is 0 Å². The molecule has 1 aromatic rings. The minimum absolute atomic E-state index is 0.0337. The van der Waals surface area contributed by atoms with Gasteiger partial charge in [0.2, 0.25) is 0 Å². The van der Waals surface area contributed by atoms with Crippen LogP contribution in [0.3, 0.4) is 0 Å². The first kappa shape index (κ1) is 11.1. The van der Waals surface area contributed by atoms with E-state index >= 15 is 0 Å². The van der Waals surface area contributed by atoms with Crippen molar-refractivity contribution >= 4 is 11.6 Å². The SMILES string of the molecule is CC(CNc1nc(N)c(F)cc1F)C1CC1. The summed E-state index contributed by atoms with van der Waals surface area (Å²) >= 11 is 0. The molecule has 0 aromatic carbocycles. The number of aromatic nitrogens is 1. The van der Waals surface area contributed by atoms with Crippen LogP contribution >= 0.6 is 0 Å². The average molecular weight is 227 g/mol. The van der Waals surface area contributed by atoms with Crippen molar-refractivity contribution in [3.05, 3.63) is 17.7 Å². The smallest absolute Gasteiger partial charge is 0.168 e. The maximum absolute atomic E-state index is 13.3. The molecule has 88 valence electrons. The van der Waals surface area contributed by atoms with Gasteiger partial charge in [-0.25, -0.2) is 13.8 Å². The van der Waals surface area contributed by atoms with Gasteiger partial charge in [-0.1, -0.05) is 6.92 Å². The number of nitrogens with two attached hydrogens (primary N) is 1. The lowest BCUT2D eigenvalue weighted by atomic mass is 10.1. The summed E-state index contributed by atoms with van der Waals surface area (Å²) in [6, 6.07) is 0.756. The predicted molar refractivity (Wildman–Crippen MR) is 58.9 cm³/mol. The van der Waals surface area contributed by atoms with Gasteiger partial charge < -0.3 is 11.1 Å². The minimum Gasteiger partial charge on any atom is -0.381 e. The zero-order chi connectivity index (χ0) is 11.7. The van der Waals surface area contributed by atoms with E-state index in [2.05, 4.69) is 17.2 Å². The van der Waals surface area contributed by atoms with Crippen LogP contribution in [0, 0.1) is 23.5 Å². The van der Waals surface area contributed by atoms with E-state index in [4.69, 9.17) is 5.73 Å². The molecular weight excluding hydrogens is 212 g/mol. The number of nitrogens with one attached hydrogen (secondary N) is 1. The first-order valence-electron chi connectivity index (χ1n) is 5.43. The van der Waals surface area contributed by atoms with Crippen molar-refractivity contribution in [2.45, 2.75) is 19.8 Å². The lowest BCUT2D eigenvalue weighted by Gasteiger charge is -2.12. The zero-order valence-corrected chi connectivity index (χ0v) is 9.13. The van der Waals surface area contributed by atoms with Crippen LogP contribution in [0.15, 0.2) is 6.07 Å². The molecule has 1 heterocycles. The van der Waals surface area contributed by atoms with E-state index in [9.17, 15) is 8.78 Å². The highest BCUT2D eigenvalue weighted by atomic mass is 19.1. The van der Waals surface area contributed by atoms with Crippen LogP contribution in [-0.2, 0) is 0 Å². The number of hydrogen-bond acceptors (Lipinski definition) is 3. The number of nitrogens with zero attached hydrogens (tertiary/aromatic N) is 1. The first-order chi connectivity index (χ1) is 7.58. The highest BCUT2D eigenvalue weighted by Gasteiger charge is 2.27. The Labute approximate surface area is 93.1 Å². The Bertz CT molecular complexity index is 391. The molecule has 1 saturated carbocycles. The Morgan fingerprint density at radius 3 is 2.81 bits per heavy atom. The van der Waals surface area contributed by atoms with Gasteiger partial charge in [0.25, 0.3) is 0 Å². The normalized spacial score (nSPS) is 17.2. The molecule has 0 spiro atoms. The van der Waals surface area contributed by atoms with Crippen molar-refractivity contribution in [1.82, 2.24) is 4.98 Å². The van der Waals surface area contributed by atoms with E-state index in [-0.39, 0.29) is 11.6 Å². The number of rotatable bonds is 4. The molecule has 1 aliphatic rings. The van der Waals surface area contributed by atoms with Crippen LogP contribution < -0.4 is 11.1 Å². The van der Waals surface area contributed by atoms with Crippen molar-refractivity contribution < 1.29 is 8.78 Å². The van der Waals surface area contributed by atoms with Crippen LogP contribution in [-0.4, -0.2) is 11.5 Å². The van der Waals surface area contributed by atoms with Gasteiger partial charge >= 0.3 is 0 Å². The average Bonchev–Trinajstić information content (AvgIpc) is 3.04. The van der Waals surface area contributed by atoms with Gasteiger partial charge in [0.15, 0.2) is 23.3 Å². The van der Waals surface area contributed by atoms with E-state index < -0.39 is 11.6 Å². The second kappa shape index (κ2) is 4.23. The molecule has 1 fully saturated rings. The predicted octanol–water partition coefficient (Wildman–Crippen LogP) is 2.40. The standard InChI is InChI=1S/C11H15F2N3/c1-6(7-2-3-7)5-15-11-9(13)4-8(12)10(14)16-11/h4,6-7H,2-3,5H2,1H3,(H3,14,15,16). The van der Waals surface area contributed by atoms with Gasteiger partial charge in [-0.05, 0) is 24.7 Å². The third-order valence-corrected chi connectivity index (χ3v) is 2.97. The van der Waals surface area contributed by atoms with Crippen LogP contribution in [0.4, 0.5) is 20.4 Å². The molecule has 5 heteroatoms. The quantitative estimate of drug-likeness (QED) is 0.830. The molecular formula is C11H15F2N3. The Morgan fingerprint density at radius 1 is 1.50 bits per heavy atom. The largest absolute Gasteiger partial charge is 0.381 e. The number of nitrogen functional groups attached to an aromatic ring is 1. The Hall–Kier alpha value is -1.39. The van der Waals surface area contributed by atoms with Crippen molar-refractivity contribution in [2.75, 3.05) is 17.6 Å². The number of hydrogen-bond donors (Lipinski definition) is 2. The fourth-order valence-corrected chi connectivity index (χ4v) is 1.69. The molecule has 1 aromatic heterocycles. The monoisotopic (exact) mass is 227 g/mol. The maximum Gasteiger partial charge on any atom is 0.168 e. The molecule has 0 bridgehead atoms. The maximum atomic E-state index is 13.3. The lowest BCUT2D eigenvalue weighted by Crippen LogP contribution is -2.15.